The van der Waals surface area contributed by atoms with Crippen LogP contribution in [0.15, 0.2) is 0 Å². The predicted molar refractivity (Wildman–Crippen MR) is 76.2 cm³/mol. The zero-order chi connectivity index (χ0) is 14.7. The minimum absolute atomic E-state index is 0.0224. The third-order valence-electron chi connectivity index (χ3n) is 4.46. The standard InChI is InChI=1S/C15H26N2O3/c1-4-7-11(10-20-3)17-12(5-2)14(18)16-9-6-8-13(16)15(17)19/h11-13H,4-10H2,1-3H3. The average Bonchev–Trinajstić information content (AvgIpc) is 2.92. The van der Waals surface area contributed by atoms with Crippen LogP contribution in [0.4, 0.5) is 0 Å². The number of carbonyl (C=O) groups excluding carboxylic acids is 2. The van der Waals surface area contributed by atoms with Gasteiger partial charge in [-0.2, -0.15) is 0 Å². The van der Waals surface area contributed by atoms with Gasteiger partial charge >= 0.3 is 0 Å². The summed E-state index contributed by atoms with van der Waals surface area (Å²) < 4.78 is 5.28. The maximum Gasteiger partial charge on any atom is 0.246 e. The van der Waals surface area contributed by atoms with E-state index in [2.05, 4.69) is 6.92 Å². The highest BCUT2D eigenvalue weighted by Crippen LogP contribution is 2.30. The van der Waals surface area contributed by atoms with Crippen LogP contribution in [0.1, 0.15) is 46.0 Å². The third-order valence-corrected chi connectivity index (χ3v) is 4.46. The fourth-order valence-corrected chi connectivity index (χ4v) is 3.56. The number of hydrogen-bond donors (Lipinski definition) is 0. The molecule has 2 fully saturated rings. The Morgan fingerprint density at radius 1 is 1.30 bits per heavy atom. The Morgan fingerprint density at radius 2 is 2.05 bits per heavy atom. The first-order valence-electron chi connectivity index (χ1n) is 7.77. The Hall–Kier alpha value is -1.10. The molecule has 2 rings (SSSR count). The van der Waals surface area contributed by atoms with Gasteiger partial charge in [0, 0.05) is 13.7 Å². The second-order valence-corrected chi connectivity index (χ2v) is 5.76. The van der Waals surface area contributed by atoms with Gasteiger partial charge in [-0.25, -0.2) is 0 Å². The van der Waals surface area contributed by atoms with Crippen molar-refractivity contribution in [1.29, 1.82) is 0 Å². The molecule has 0 saturated carbocycles. The fourth-order valence-electron chi connectivity index (χ4n) is 3.56. The number of methoxy groups -OCH3 is 1. The summed E-state index contributed by atoms with van der Waals surface area (Å²) in [5.74, 6) is 0.260. The van der Waals surface area contributed by atoms with Gasteiger partial charge in [-0.15, -0.1) is 0 Å². The Kier molecular flexibility index (Phi) is 5.02. The van der Waals surface area contributed by atoms with Crippen LogP contribution >= 0.6 is 0 Å². The number of carbonyl (C=O) groups is 2. The van der Waals surface area contributed by atoms with Crippen LogP contribution in [-0.2, 0) is 14.3 Å². The van der Waals surface area contributed by atoms with Gasteiger partial charge in [0.25, 0.3) is 0 Å². The van der Waals surface area contributed by atoms with E-state index in [-0.39, 0.29) is 29.9 Å². The molecule has 2 heterocycles. The number of hydrogen-bond acceptors (Lipinski definition) is 3. The molecule has 0 spiro atoms. The van der Waals surface area contributed by atoms with Crippen LogP contribution in [0.2, 0.25) is 0 Å². The lowest BCUT2D eigenvalue weighted by molar-refractivity contribution is -0.163. The first-order chi connectivity index (χ1) is 9.65. The largest absolute Gasteiger partial charge is 0.383 e. The number of piperazine rings is 1. The van der Waals surface area contributed by atoms with E-state index in [4.69, 9.17) is 4.74 Å². The van der Waals surface area contributed by atoms with E-state index in [0.717, 1.165) is 32.2 Å². The molecule has 0 aromatic rings. The molecule has 0 bridgehead atoms. The number of fused-ring (bicyclic) bond motifs is 1. The summed E-state index contributed by atoms with van der Waals surface area (Å²) in [5.41, 5.74) is 0. The van der Waals surface area contributed by atoms with Crippen molar-refractivity contribution in [3.63, 3.8) is 0 Å². The van der Waals surface area contributed by atoms with Crippen LogP contribution in [0.5, 0.6) is 0 Å². The van der Waals surface area contributed by atoms with Gasteiger partial charge < -0.3 is 14.5 Å². The highest BCUT2D eigenvalue weighted by Gasteiger charge is 2.48. The van der Waals surface area contributed by atoms with Crippen molar-refractivity contribution in [2.24, 2.45) is 0 Å². The first-order valence-corrected chi connectivity index (χ1v) is 7.77. The van der Waals surface area contributed by atoms with Crippen molar-refractivity contribution in [1.82, 2.24) is 9.80 Å². The molecule has 3 unspecified atom stereocenters. The van der Waals surface area contributed by atoms with Crippen LogP contribution in [-0.4, -0.2) is 60.0 Å². The molecule has 114 valence electrons. The molecular weight excluding hydrogens is 256 g/mol. The van der Waals surface area contributed by atoms with Gasteiger partial charge in [0.05, 0.1) is 12.6 Å². The van der Waals surface area contributed by atoms with Crippen molar-refractivity contribution in [2.45, 2.75) is 64.1 Å². The lowest BCUT2D eigenvalue weighted by Gasteiger charge is -2.45. The monoisotopic (exact) mass is 282 g/mol. The lowest BCUT2D eigenvalue weighted by Crippen LogP contribution is -2.65. The van der Waals surface area contributed by atoms with Gasteiger partial charge in [0.15, 0.2) is 0 Å². The molecule has 2 aliphatic rings. The molecule has 0 aromatic carbocycles. The minimum atomic E-state index is -0.302. The average molecular weight is 282 g/mol. The van der Waals surface area contributed by atoms with Gasteiger partial charge in [-0.05, 0) is 25.7 Å². The van der Waals surface area contributed by atoms with E-state index in [0.29, 0.717) is 13.0 Å². The fraction of sp³-hybridized carbons (Fsp3) is 0.867. The van der Waals surface area contributed by atoms with Gasteiger partial charge in [-0.3, -0.25) is 9.59 Å². The molecule has 5 nitrogen and oxygen atoms in total. The molecule has 0 aromatic heterocycles. The van der Waals surface area contributed by atoms with E-state index < -0.39 is 0 Å². The quantitative estimate of drug-likeness (QED) is 0.740. The lowest BCUT2D eigenvalue weighted by atomic mass is 9.98. The molecular formula is C15H26N2O3. The summed E-state index contributed by atoms with van der Waals surface area (Å²) in [4.78, 5) is 29.0. The van der Waals surface area contributed by atoms with E-state index in [9.17, 15) is 9.59 Å². The summed E-state index contributed by atoms with van der Waals surface area (Å²) in [7, 11) is 1.65. The summed E-state index contributed by atoms with van der Waals surface area (Å²) >= 11 is 0. The Balaban J connectivity index is 2.27. The molecule has 0 aliphatic carbocycles. The van der Waals surface area contributed by atoms with Crippen molar-refractivity contribution in [3.05, 3.63) is 0 Å². The normalized spacial score (nSPS) is 27.9. The SMILES string of the molecule is CCCC(COC)N1C(=O)C2CCCN2C(=O)C1CC. The first kappa shape index (κ1) is 15.3. The van der Waals surface area contributed by atoms with Gasteiger partial charge in [0.2, 0.25) is 11.8 Å². The van der Waals surface area contributed by atoms with E-state index in [1.54, 1.807) is 12.0 Å². The zero-order valence-electron chi connectivity index (χ0n) is 12.8. The van der Waals surface area contributed by atoms with Crippen molar-refractivity contribution in [3.8, 4) is 0 Å². The van der Waals surface area contributed by atoms with Crippen LogP contribution in [0, 0.1) is 0 Å². The minimum Gasteiger partial charge on any atom is -0.383 e. The maximum atomic E-state index is 12.8. The number of amides is 2. The van der Waals surface area contributed by atoms with Crippen molar-refractivity contribution >= 4 is 11.8 Å². The smallest absolute Gasteiger partial charge is 0.246 e. The summed E-state index contributed by atoms with van der Waals surface area (Å²) in [6.07, 6.45) is 4.29. The van der Waals surface area contributed by atoms with Gasteiger partial charge in [0.1, 0.15) is 12.1 Å². The third kappa shape index (κ3) is 2.55. The molecule has 3 atom stereocenters. The topological polar surface area (TPSA) is 49.9 Å². The maximum absolute atomic E-state index is 12.8. The summed E-state index contributed by atoms with van der Waals surface area (Å²) in [6.45, 7) is 5.33. The second-order valence-electron chi connectivity index (χ2n) is 5.76. The van der Waals surface area contributed by atoms with Crippen LogP contribution < -0.4 is 0 Å². The number of ether oxygens (including phenoxy) is 1. The zero-order valence-corrected chi connectivity index (χ0v) is 12.8. The van der Waals surface area contributed by atoms with Crippen molar-refractivity contribution < 1.29 is 14.3 Å². The Labute approximate surface area is 121 Å². The Morgan fingerprint density at radius 3 is 2.65 bits per heavy atom. The molecule has 2 saturated heterocycles. The van der Waals surface area contributed by atoms with E-state index >= 15 is 0 Å². The predicted octanol–water partition coefficient (Wildman–Crippen LogP) is 1.41. The molecule has 0 radical (unpaired) electrons. The molecule has 20 heavy (non-hydrogen) atoms. The van der Waals surface area contributed by atoms with E-state index in [1.807, 2.05) is 11.8 Å². The molecule has 2 aliphatic heterocycles. The van der Waals surface area contributed by atoms with E-state index in [1.165, 1.54) is 0 Å². The number of nitrogens with zero attached hydrogens (tertiary/aromatic N) is 2. The highest BCUT2D eigenvalue weighted by molar-refractivity contribution is 5.97. The second kappa shape index (κ2) is 6.57. The van der Waals surface area contributed by atoms with Crippen LogP contribution in [0.3, 0.4) is 0 Å². The van der Waals surface area contributed by atoms with Gasteiger partial charge in [-0.1, -0.05) is 20.3 Å². The molecule has 0 N–H and O–H groups in total. The molecule has 2 amide bonds. The highest BCUT2D eigenvalue weighted by atomic mass is 16.5. The van der Waals surface area contributed by atoms with Crippen molar-refractivity contribution in [2.75, 3.05) is 20.3 Å². The molecule has 5 heteroatoms. The summed E-state index contributed by atoms with van der Waals surface area (Å²) in [5, 5.41) is 0. The Bertz CT molecular complexity index is 366. The summed E-state index contributed by atoms with van der Waals surface area (Å²) in [6, 6.07) is -0.501. The van der Waals surface area contributed by atoms with Crippen LogP contribution in [0.25, 0.3) is 0 Å². The number of rotatable bonds is 6.